The minimum Gasteiger partial charge on any atom is -0.489 e. The number of amides is 1. The molecule has 2 aromatic rings. The van der Waals surface area contributed by atoms with Crippen molar-refractivity contribution in [3.8, 4) is 5.75 Å². The minimum absolute atomic E-state index is 0. The summed E-state index contributed by atoms with van der Waals surface area (Å²) in [5.74, 6) is 2.10. The summed E-state index contributed by atoms with van der Waals surface area (Å²) in [4.78, 5) is 22.7. The van der Waals surface area contributed by atoms with Crippen LogP contribution in [0.3, 0.4) is 0 Å². The highest BCUT2D eigenvalue weighted by atomic mass is 127. The number of anilines is 1. The first-order chi connectivity index (χ1) is 15.5. The van der Waals surface area contributed by atoms with E-state index < -0.39 is 0 Å². The topological polar surface area (TPSA) is 105 Å². The van der Waals surface area contributed by atoms with Gasteiger partial charge < -0.3 is 26.0 Å². The third-order valence-electron chi connectivity index (χ3n) is 5.64. The van der Waals surface area contributed by atoms with Crippen molar-refractivity contribution in [1.29, 1.82) is 0 Å². The number of hydrogen-bond acceptors (Lipinski definition) is 5. The maximum Gasteiger partial charge on any atom is 0.222 e. The van der Waals surface area contributed by atoms with Crippen molar-refractivity contribution in [2.24, 2.45) is 16.6 Å². The number of benzene rings is 1. The van der Waals surface area contributed by atoms with Gasteiger partial charge in [0.05, 0.1) is 12.5 Å². The number of nitrogens with two attached hydrogens (primary N) is 1. The molecule has 8 nitrogen and oxygen atoms in total. The summed E-state index contributed by atoms with van der Waals surface area (Å²) in [5, 5.41) is 6.67. The van der Waals surface area contributed by atoms with Crippen molar-refractivity contribution in [2.75, 3.05) is 31.6 Å². The maximum atomic E-state index is 11.7. The van der Waals surface area contributed by atoms with Gasteiger partial charge in [0, 0.05) is 38.4 Å². The Hall–Kier alpha value is -2.56. The maximum absolute atomic E-state index is 11.7. The van der Waals surface area contributed by atoms with Gasteiger partial charge in [0.25, 0.3) is 0 Å². The lowest BCUT2D eigenvalue weighted by molar-refractivity contribution is -0.122. The van der Waals surface area contributed by atoms with Crippen molar-refractivity contribution < 1.29 is 9.53 Å². The Bertz CT molecular complexity index is 939. The van der Waals surface area contributed by atoms with Gasteiger partial charge in [-0.2, -0.15) is 0 Å². The predicted molar refractivity (Wildman–Crippen MR) is 143 cm³/mol. The number of aryl methyl sites for hydroxylation is 1. The average Bonchev–Trinajstić information content (AvgIpc) is 2.81. The number of rotatable bonds is 8. The number of piperidine rings is 1. The van der Waals surface area contributed by atoms with Crippen molar-refractivity contribution in [3.05, 3.63) is 53.7 Å². The largest absolute Gasteiger partial charge is 0.489 e. The molecule has 0 radical (unpaired) electrons. The first kappa shape index (κ1) is 26.7. The van der Waals surface area contributed by atoms with Gasteiger partial charge >= 0.3 is 0 Å². The molecule has 1 aliphatic rings. The molecule has 3 rings (SSSR count). The number of primary amides is 1. The molecule has 0 bridgehead atoms. The predicted octanol–water partition coefficient (Wildman–Crippen LogP) is 2.84. The number of nitrogens with zero attached hydrogens (tertiary/aromatic N) is 3. The van der Waals surface area contributed by atoms with Gasteiger partial charge in [0.2, 0.25) is 5.91 Å². The van der Waals surface area contributed by atoms with E-state index in [1.165, 1.54) is 0 Å². The first-order valence-electron chi connectivity index (χ1n) is 11.1. The lowest BCUT2D eigenvalue weighted by atomic mass is 9.97. The Morgan fingerprint density at radius 1 is 1.30 bits per heavy atom. The molecule has 1 amide bonds. The summed E-state index contributed by atoms with van der Waals surface area (Å²) >= 11 is 0. The van der Waals surface area contributed by atoms with Gasteiger partial charge in [0.15, 0.2) is 5.96 Å². The highest BCUT2D eigenvalue weighted by molar-refractivity contribution is 14.0. The molecule has 2 atom stereocenters. The lowest BCUT2D eigenvalue weighted by Crippen LogP contribution is -2.43. The Labute approximate surface area is 213 Å². The van der Waals surface area contributed by atoms with E-state index in [2.05, 4.69) is 25.5 Å². The van der Waals surface area contributed by atoms with Crippen molar-refractivity contribution >= 4 is 41.7 Å². The zero-order valence-electron chi connectivity index (χ0n) is 19.6. The summed E-state index contributed by atoms with van der Waals surface area (Å²) in [7, 11) is 1.74. The zero-order valence-corrected chi connectivity index (χ0v) is 21.9. The standard InChI is InChI=1S/C24H34N6O2.HI/c1-17-8-4-5-11-21(17)32-18(2)14-28-24(26-3)29-15-19-9-6-12-27-23(19)30-13-7-10-20(16-30)22(25)31;/h4-6,8-9,11-12,18,20H,7,10,13-16H2,1-3H3,(H2,25,31)(H2,26,28,29);1H. The number of aromatic nitrogens is 1. The number of halogens is 1. The molecule has 9 heteroatoms. The highest BCUT2D eigenvalue weighted by Gasteiger charge is 2.26. The van der Waals surface area contributed by atoms with Crippen LogP contribution in [0, 0.1) is 12.8 Å². The number of para-hydroxylation sites is 1. The fourth-order valence-corrected chi connectivity index (χ4v) is 3.84. The molecular formula is C24H35IN6O2. The summed E-state index contributed by atoms with van der Waals surface area (Å²) in [6.07, 6.45) is 3.53. The van der Waals surface area contributed by atoms with Crippen LogP contribution in [-0.2, 0) is 11.3 Å². The van der Waals surface area contributed by atoms with E-state index >= 15 is 0 Å². The number of carbonyl (C=O) groups excluding carboxylic acids is 1. The molecule has 33 heavy (non-hydrogen) atoms. The molecular weight excluding hydrogens is 531 g/mol. The Morgan fingerprint density at radius 2 is 2.09 bits per heavy atom. The van der Waals surface area contributed by atoms with E-state index in [-0.39, 0.29) is 41.9 Å². The minimum atomic E-state index is -0.239. The lowest BCUT2D eigenvalue weighted by Gasteiger charge is -2.33. The molecule has 1 aromatic carbocycles. The number of aliphatic imine (C=N–C) groups is 1. The highest BCUT2D eigenvalue weighted by Crippen LogP contribution is 2.24. The Balaban J connectivity index is 0.00000385. The second-order valence-corrected chi connectivity index (χ2v) is 8.17. The Morgan fingerprint density at radius 3 is 2.82 bits per heavy atom. The molecule has 1 aliphatic heterocycles. The zero-order chi connectivity index (χ0) is 22.9. The van der Waals surface area contributed by atoms with Gasteiger partial charge in [0.1, 0.15) is 17.7 Å². The number of guanidine groups is 1. The number of ether oxygens (including phenoxy) is 1. The van der Waals surface area contributed by atoms with Crippen molar-refractivity contribution in [1.82, 2.24) is 15.6 Å². The molecule has 1 aromatic heterocycles. The van der Waals surface area contributed by atoms with Crippen molar-refractivity contribution in [2.45, 2.75) is 39.3 Å². The van der Waals surface area contributed by atoms with Crippen LogP contribution < -0.4 is 26.0 Å². The van der Waals surface area contributed by atoms with Gasteiger partial charge in [-0.3, -0.25) is 9.79 Å². The van der Waals surface area contributed by atoms with Crippen LogP contribution in [-0.4, -0.2) is 49.6 Å². The van der Waals surface area contributed by atoms with Crippen LogP contribution in [0.4, 0.5) is 5.82 Å². The number of pyridine rings is 1. The van der Waals surface area contributed by atoms with Gasteiger partial charge in [-0.25, -0.2) is 4.98 Å². The van der Waals surface area contributed by atoms with E-state index in [0.29, 0.717) is 25.6 Å². The normalized spacial score (nSPS) is 17.0. The molecule has 1 saturated heterocycles. The molecule has 2 unspecified atom stereocenters. The molecule has 2 heterocycles. The van der Waals surface area contributed by atoms with Crippen LogP contribution >= 0.6 is 24.0 Å². The van der Waals surface area contributed by atoms with E-state index in [1.807, 2.05) is 50.2 Å². The smallest absolute Gasteiger partial charge is 0.222 e. The van der Waals surface area contributed by atoms with Gasteiger partial charge in [-0.15, -0.1) is 24.0 Å². The van der Waals surface area contributed by atoms with E-state index in [9.17, 15) is 4.79 Å². The summed E-state index contributed by atoms with van der Waals surface area (Å²) in [6, 6.07) is 12.0. The average molecular weight is 566 g/mol. The van der Waals surface area contributed by atoms with Gasteiger partial charge in [-0.1, -0.05) is 24.3 Å². The monoisotopic (exact) mass is 566 g/mol. The fourth-order valence-electron chi connectivity index (χ4n) is 3.84. The van der Waals surface area contributed by atoms with Crippen LogP contribution in [0.25, 0.3) is 0 Å². The van der Waals surface area contributed by atoms with Gasteiger partial charge in [-0.05, 0) is 44.4 Å². The molecule has 4 N–H and O–H groups in total. The van der Waals surface area contributed by atoms with Crippen LogP contribution in [0.5, 0.6) is 5.75 Å². The second kappa shape index (κ2) is 13.2. The van der Waals surface area contributed by atoms with E-state index in [1.54, 1.807) is 13.2 Å². The quantitative estimate of drug-likeness (QED) is 0.258. The van der Waals surface area contributed by atoms with E-state index in [4.69, 9.17) is 10.5 Å². The van der Waals surface area contributed by atoms with Crippen LogP contribution in [0.2, 0.25) is 0 Å². The summed E-state index contributed by atoms with van der Waals surface area (Å²) < 4.78 is 6.03. The fraction of sp³-hybridized carbons (Fsp3) is 0.458. The Kier molecular flexibility index (Phi) is 10.7. The number of nitrogens with one attached hydrogen (secondary N) is 2. The molecule has 0 aliphatic carbocycles. The third-order valence-corrected chi connectivity index (χ3v) is 5.64. The number of hydrogen-bond donors (Lipinski definition) is 3. The van der Waals surface area contributed by atoms with Crippen molar-refractivity contribution in [3.63, 3.8) is 0 Å². The molecule has 0 spiro atoms. The third kappa shape index (κ3) is 7.76. The first-order valence-corrected chi connectivity index (χ1v) is 11.1. The molecule has 180 valence electrons. The van der Waals surface area contributed by atoms with Crippen LogP contribution in [0.1, 0.15) is 30.9 Å². The number of carbonyl (C=O) groups is 1. The van der Waals surface area contributed by atoms with E-state index in [0.717, 1.165) is 42.1 Å². The molecule has 0 saturated carbocycles. The SMILES string of the molecule is CN=C(NCc1cccnc1N1CCCC(C(N)=O)C1)NCC(C)Oc1ccccc1C.I. The van der Waals surface area contributed by atoms with Crippen LogP contribution in [0.15, 0.2) is 47.6 Å². The summed E-state index contributed by atoms with van der Waals surface area (Å²) in [6.45, 7) is 6.72. The molecule has 1 fully saturated rings. The second-order valence-electron chi connectivity index (χ2n) is 8.17. The summed E-state index contributed by atoms with van der Waals surface area (Å²) in [5.41, 5.74) is 7.70.